The topological polar surface area (TPSA) is 9.23 Å². The van der Waals surface area contributed by atoms with Crippen LogP contribution in [-0.4, -0.2) is 13.0 Å². The lowest BCUT2D eigenvalue weighted by Crippen LogP contribution is -2.02. The molecule has 1 fully saturated rings. The Hall–Kier alpha value is -0.690. The third kappa shape index (κ3) is 2.03. The summed E-state index contributed by atoms with van der Waals surface area (Å²) in [5, 5.41) is 0. The summed E-state index contributed by atoms with van der Waals surface area (Å²) >= 11 is 5.99. The molecular weight excluding hydrogens is 196 g/mol. The van der Waals surface area contributed by atoms with Crippen LogP contribution in [-0.2, 0) is 0 Å². The van der Waals surface area contributed by atoms with Crippen molar-refractivity contribution in [3.8, 4) is 5.75 Å². The van der Waals surface area contributed by atoms with Crippen molar-refractivity contribution in [2.24, 2.45) is 5.92 Å². The van der Waals surface area contributed by atoms with E-state index in [1.807, 2.05) is 12.1 Å². The minimum Gasteiger partial charge on any atom is -0.497 e. The molecule has 2 heteroatoms. The summed E-state index contributed by atoms with van der Waals surface area (Å²) < 4.78 is 5.21. The first-order valence-corrected chi connectivity index (χ1v) is 5.58. The van der Waals surface area contributed by atoms with Gasteiger partial charge in [-0.2, -0.15) is 0 Å². The van der Waals surface area contributed by atoms with Gasteiger partial charge in [0.1, 0.15) is 5.75 Å². The maximum atomic E-state index is 5.99. The van der Waals surface area contributed by atoms with E-state index in [2.05, 4.69) is 12.1 Å². The first-order valence-electron chi connectivity index (χ1n) is 5.05. The van der Waals surface area contributed by atoms with Crippen molar-refractivity contribution in [1.82, 2.24) is 0 Å². The Morgan fingerprint density at radius 2 is 2.29 bits per heavy atom. The van der Waals surface area contributed by atoms with Gasteiger partial charge in [-0.3, -0.25) is 0 Å². The number of ether oxygens (including phenoxy) is 1. The summed E-state index contributed by atoms with van der Waals surface area (Å²) in [6.45, 7) is 0. The molecule has 1 aliphatic carbocycles. The van der Waals surface area contributed by atoms with Gasteiger partial charge in [0, 0.05) is 11.8 Å². The second-order valence-electron chi connectivity index (χ2n) is 3.87. The Morgan fingerprint density at radius 1 is 1.50 bits per heavy atom. The van der Waals surface area contributed by atoms with Gasteiger partial charge in [0.2, 0.25) is 0 Å². The van der Waals surface area contributed by atoms with E-state index in [-0.39, 0.29) is 0 Å². The van der Waals surface area contributed by atoms with Gasteiger partial charge in [-0.05, 0) is 36.5 Å². The van der Waals surface area contributed by atoms with Crippen LogP contribution in [0.4, 0.5) is 0 Å². The maximum absolute atomic E-state index is 5.99. The summed E-state index contributed by atoms with van der Waals surface area (Å²) in [7, 11) is 1.70. The number of benzene rings is 1. The highest BCUT2D eigenvalue weighted by molar-refractivity contribution is 6.18. The molecule has 0 saturated heterocycles. The standard InChI is InChI=1S/C12H15ClO/c1-14-11-4-2-3-10(7-11)12(8-13)9-5-6-9/h2-4,7,9,12H,5-6,8H2,1H3. The molecule has 0 N–H and O–H groups in total. The van der Waals surface area contributed by atoms with Crippen molar-refractivity contribution in [2.45, 2.75) is 18.8 Å². The van der Waals surface area contributed by atoms with E-state index in [9.17, 15) is 0 Å². The van der Waals surface area contributed by atoms with E-state index in [4.69, 9.17) is 16.3 Å². The van der Waals surface area contributed by atoms with Gasteiger partial charge in [0.15, 0.2) is 0 Å². The lowest BCUT2D eigenvalue weighted by molar-refractivity contribution is 0.413. The van der Waals surface area contributed by atoms with Crippen LogP contribution in [0.3, 0.4) is 0 Å². The van der Waals surface area contributed by atoms with Gasteiger partial charge in [-0.15, -0.1) is 11.6 Å². The molecule has 0 amide bonds. The van der Waals surface area contributed by atoms with Crippen LogP contribution in [0.5, 0.6) is 5.75 Å². The smallest absolute Gasteiger partial charge is 0.119 e. The molecule has 1 atom stereocenters. The number of hydrogen-bond donors (Lipinski definition) is 0. The third-order valence-corrected chi connectivity index (χ3v) is 3.21. The van der Waals surface area contributed by atoms with Crippen molar-refractivity contribution in [3.63, 3.8) is 0 Å². The molecule has 1 aromatic rings. The van der Waals surface area contributed by atoms with Gasteiger partial charge in [-0.1, -0.05) is 12.1 Å². The molecular formula is C12H15ClO. The molecule has 1 aliphatic rings. The summed E-state index contributed by atoms with van der Waals surface area (Å²) in [5.74, 6) is 2.97. The fraction of sp³-hybridized carbons (Fsp3) is 0.500. The van der Waals surface area contributed by atoms with Crippen molar-refractivity contribution >= 4 is 11.6 Å². The maximum Gasteiger partial charge on any atom is 0.119 e. The number of rotatable bonds is 4. The van der Waals surface area contributed by atoms with Gasteiger partial charge in [0.25, 0.3) is 0 Å². The number of halogens is 1. The Balaban J connectivity index is 2.20. The second-order valence-corrected chi connectivity index (χ2v) is 4.18. The van der Waals surface area contributed by atoms with Crippen LogP contribution in [0, 0.1) is 5.92 Å². The molecule has 1 saturated carbocycles. The largest absolute Gasteiger partial charge is 0.497 e. The Kier molecular flexibility index (Phi) is 2.97. The van der Waals surface area contributed by atoms with E-state index < -0.39 is 0 Å². The Labute approximate surface area is 90.0 Å². The van der Waals surface area contributed by atoms with E-state index in [1.165, 1.54) is 18.4 Å². The molecule has 76 valence electrons. The quantitative estimate of drug-likeness (QED) is 0.692. The number of methoxy groups -OCH3 is 1. The van der Waals surface area contributed by atoms with Crippen LogP contribution < -0.4 is 4.74 Å². The SMILES string of the molecule is COc1cccc(C(CCl)C2CC2)c1. The van der Waals surface area contributed by atoms with Crippen LogP contribution >= 0.6 is 11.6 Å². The zero-order valence-electron chi connectivity index (χ0n) is 8.37. The molecule has 0 bridgehead atoms. The lowest BCUT2D eigenvalue weighted by Gasteiger charge is -2.13. The summed E-state index contributed by atoms with van der Waals surface area (Å²) in [5.41, 5.74) is 1.32. The molecule has 0 spiro atoms. The molecule has 14 heavy (non-hydrogen) atoms. The van der Waals surface area contributed by atoms with Gasteiger partial charge in [0.05, 0.1) is 7.11 Å². The average molecular weight is 211 g/mol. The molecule has 0 heterocycles. The van der Waals surface area contributed by atoms with Crippen LogP contribution in [0.15, 0.2) is 24.3 Å². The van der Waals surface area contributed by atoms with E-state index in [0.717, 1.165) is 17.5 Å². The Morgan fingerprint density at radius 3 is 2.86 bits per heavy atom. The van der Waals surface area contributed by atoms with Crippen molar-refractivity contribution < 1.29 is 4.74 Å². The van der Waals surface area contributed by atoms with Crippen molar-refractivity contribution in [3.05, 3.63) is 29.8 Å². The van der Waals surface area contributed by atoms with Crippen molar-refractivity contribution in [2.75, 3.05) is 13.0 Å². The third-order valence-electron chi connectivity index (χ3n) is 2.88. The molecule has 0 radical (unpaired) electrons. The van der Waals surface area contributed by atoms with E-state index in [1.54, 1.807) is 7.11 Å². The van der Waals surface area contributed by atoms with Gasteiger partial charge < -0.3 is 4.74 Å². The minimum atomic E-state index is 0.520. The monoisotopic (exact) mass is 210 g/mol. The molecule has 2 rings (SSSR count). The second kappa shape index (κ2) is 4.22. The first-order chi connectivity index (χ1) is 6.85. The molecule has 0 aliphatic heterocycles. The van der Waals surface area contributed by atoms with Gasteiger partial charge >= 0.3 is 0 Å². The molecule has 1 nitrogen and oxygen atoms in total. The number of hydrogen-bond acceptors (Lipinski definition) is 1. The summed E-state index contributed by atoms with van der Waals surface area (Å²) in [4.78, 5) is 0. The summed E-state index contributed by atoms with van der Waals surface area (Å²) in [6, 6.07) is 8.26. The zero-order chi connectivity index (χ0) is 9.97. The normalized spacial score (nSPS) is 17.9. The highest BCUT2D eigenvalue weighted by Gasteiger charge is 2.31. The Bertz CT molecular complexity index is 307. The molecule has 0 aromatic heterocycles. The predicted octanol–water partition coefficient (Wildman–Crippen LogP) is 3.43. The number of alkyl halides is 1. The highest BCUT2D eigenvalue weighted by Crippen LogP contribution is 2.43. The van der Waals surface area contributed by atoms with Gasteiger partial charge in [-0.25, -0.2) is 0 Å². The highest BCUT2D eigenvalue weighted by atomic mass is 35.5. The van der Waals surface area contributed by atoms with Crippen LogP contribution in [0.2, 0.25) is 0 Å². The predicted molar refractivity (Wildman–Crippen MR) is 59.2 cm³/mol. The lowest BCUT2D eigenvalue weighted by atomic mass is 9.96. The fourth-order valence-electron chi connectivity index (χ4n) is 1.86. The zero-order valence-corrected chi connectivity index (χ0v) is 9.13. The average Bonchev–Trinajstić information content (AvgIpc) is 3.04. The fourth-order valence-corrected chi connectivity index (χ4v) is 2.29. The molecule has 1 aromatic carbocycles. The first kappa shape index (κ1) is 9.85. The van der Waals surface area contributed by atoms with Crippen molar-refractivity contribution in [1.29, 1.82) is 0 Å². The molecule has 1 unspecified atom stereocenters. The minimum absolute atomic E-state index is 0.520. The van der Waals surface area contributed by atoms with E-state index in [0.29, 0.717) is 5.92 Å². The van der Waals surface area contributed by atoms with Crippen LogP contribution in [0.1, 0.15) is 24.3 Å². The van der Waals surface area contributed by atoms with Crippen LogP contribution in [0.25, 0.3) is 0 Å². The summed E-state index contributed by atoms with van der Waals surface area (Å²) in [6.07, 6.45) is 2.66. The van der Waals surface area contributed by atoms with E-state index >= 15 is 0 Å².